The second kappa shape index (κ2) is 8.13. The number of nitrogens with one attached hydrogen (secondary N) is 1. The van der Waals surface area contributed by atoms with Crippen LogP contribution in [0.5, 0.6) is 5.75 Å². The minimum Gasteiger partial charge on any atom is -0.508 e. The molecule has 1 atom stereocenters. The van der Waals surface area contributed by atoms with E-state index in [1.54, 1.807) is 12.1 Å². The summed E-state index contributed by atoms with van der Waals surface area (Å²) in [5.41, 5.74) is 1.27. The number of hydrogen-bond acceptors (Lipinski definition) is 2. The summed E-state index contributed by atoms with van der Waals surface area (Å²) < 4.78 is 0. The molecule has 0 spiro atoms. The van der Waals surface area contributed by atoms with Gasteiger partial charge in [-0.2, -0.15) is 0 Å². The van der Waals surface area contributed by atoms with Crippen LogP contribution in [0.3, 0.4) is 0 Å². The maximum Gasteiger partial charge on any atom is 0.115 e. The number of phenolic OH excluding ortho intramolecular Hbond substituents is 1. The van der Waals surface area contributed by atoms with Crippen molar-refractivity contribution >= 4 is 0 Å². The van der Waals surface area contributed by atoms with Crippen LogP contribution in [0.4, 0.5) is 0 Å². The van der Waals surface area contributed by atoms with Crippen LogP contribution >= 0.6 is 0 Å². The Morgan fingerprint density at radius 3 is 2.47 bits per heavy atom. The van der Waals surface area contributed by atoms with E-state index in [4.69, 9.17) is 0 Å². The summed E-state index contributed by atoms with van der Waals surface area (Å²) in [6.07, 6.45) is 6.26. The Bertz CT molecular complexity index is 294. The number of phenols is 1. The maximum atomic E-state index is 9.20. The molecular weight excluding hydrogens is 210 g/mol. The molecule has 1 unspecified atom stereocenters. The molecule has 0 saturated heterocycles. The number of benzene rings is 1. The number of hydrogen-bond donors (Lipinski definition) is 2. The molecule has 96 valence electrons. The second-order valence-corrected chi connectivity index (χ2v) is 4.79. The lowest BCUT2D eigenvalue weighted by molar-refractivity contribution is 0.474. The van der Waals surface area contributed by atoms with Crippen molar-refractivity contribution in [3.05, 3.63) is 29.8 Å². The van der Waals surface area contributed by atoms with E-state index >= 15 is 0 Å². The Morgan fingerprint density at radius 1 is 1.12 bits per heavy atom. The molecule has 0 bridgehead atoms. The van der Waals surface area contributed by atoms with Crippen molar-refractivity contribution in [1.82, 2.24) is 5.32 Å². The number of aromatic hydroxyl groups is 1. The van der Waals surface area contributed by atoms with Gasteiger partial charge in [-0.05, 0) is 44.0 Å². The summed E-state index contributed by atoms with van der Waals surface area (Å²) >= 11 is 0. The molecule has 2 nitrogen and oxygen atoms in total. The molecule has 1 aromatic rings. The minimum absolute atomic E-state index is 0.342. The van der Waals surface area contributed by atoms with Gasteiger partial charge in [-0.1, -0.05) is 38.3 Å². The normalized spacial score (nSPS) is 12.6. The molecule has 0 aliphatic heterocycles. The monoisotopic (exact) mass is 235 g/mol. The van der Waals surface area contributed by atoms with E-state index in [-0.39, 0.29) is 0 Å². The Kier molecular flexibility index (Phi) is 6.71. The highest BCUT2D eigenvalue weighted by atomic mass is 16.3. The summed E-state index contributed by atoms with van der Waals surface area (Å²) in [4.78, 5) is 0. The summed E-state index contributed by atoms with van der Waals surface area (Å²) in [6, 6.07) is 7.99. The lowest BCUT2D eigenvalue weighted by Gasteiger charge is -2.13. The lowest BCUT2D eigenvalue weighted by Crippen LogP contribution is -2.28. The van der Waals surface area contributed by atoms with Gasteiger partial charge in [0.25, 0.3) is 0 Å². The molecule has 0 saturated carbocycles. The average molecular weight is 235 g/mol. The fourth-order valence-corrected chi connectivity index (χ4v) is 1.96. The first-order valence-electron chi connectivity index (χ1n) is 6.73. The maximum absolute atomic E-state index is 9.20. The first kappa shape index (κ1) is 14.0. The van der Waals surface area contributed by atoms with Crippen LogP contribution in [-0.4, -0.2) is 17.7 Å². The van der Waals surface area contributed by atoms with Crippen molar-refractivity contribution in [2.45, 2.75) is 52.0 Å². The minimum atomic E-state index is 0.342. The van der Waals surface area contributed by atoms with E-state index in [0.717, 1.165) is 13.0 Å². The Labute approximate surface area is 105 Å². The highest BCUT2D eigenvalue weighted by Crippen LogP contribution is 2.11. The second-order valence-electron chi connectivity index (χ2n) is 4.79. The summed E-state index contributed by atoms with van der Waals surface area (Å²) in [5, 5.41) is 12.7. The number of rotatable bonds is 8. The van der Waals surface area contributed by atoms with E-state index in [1.165, 1.54) is 31.2 Å². The third kappa shape index (κ3) is 6.32. The highest BCUT2D eigenvalue weighted by molar-refractivity contribution is 5.26. The van der Waals surface area contributed by atoms with Crippen molar-refractivity contribution in [3.63, 3.8) is 0 Å². The quantitative estimate of drug-likeness (QED) is 0.676. The van der Waals surface area contributed by atoms with Gasteiger partial charge in [-0.25, -0.2) is 0 Å². The van der Waals surface area contributed by atoms with Gasteiger partial charge in [-0.3, -0.25) is 0 Å². The van der Waals surface area contributed by atoms with Gasteiger partial charge in [0.05, 0.1) is 0 Å². The molecular formula is C15H25NO. The first-order valence-corrected chi connectivity index (χ1v) is 6.73. The van der Waals surface area contributed by atoms with Crippen LogP contribution in [0.2, 0.25) is 0 Å². The zero-order valence-corrected chi connectivity index (χ0v) is 11.1. The van der Waals surface area contributed by atoms with Gasteiger partial charge in [0.15, 0.2) is 0 Å². The number of unbranched alkanes of at least 4 members (excludes halogenated alkanes) is 3. The van der Waals surface area contributed by atoms with Crippen LogP contribution in [0.15, 0.2) is 24.3 Å². The molecule has 0 heterocycles. The molecule has 0 aromatic heterocycles. The van der Waals surface area contributed by atoms with Crippen molar-refractivity contribution < 1.29 is 5.11 Å². The topological polar surface area (TPSA) is 32.3 Å². The summed E-state index contributed by atoms with van der Waals surface area (Å²) in [5.74, 6) is 0.342. The average Bonchev–Trinajstić information content (AvgIpc) is 2.32. The molecule has 0 fully saturated rings. The van der Waals surface area contributed by atoms with Crippen LogP contribution in [0, 0.1) is 0 Å². The molecule has 0 amide bonds. The third-order valence-corrected chi connectivity index (χ3v) is 3.00. The molecule has 2 N–H and O–H groups in total. The zero-order valence-electron chi connectivity index (χ0n) is 11.1. The SMILES string of the molecule is CCCCCCNC(C)Cc1ccc(O)cc1. The van der Waals surface area contributed by atoms with Crippen molar-refractivity contribution in [3.8, 4) is 5.75 Å². The molecule has 1 rings (SSSR count). The highest BCUT2D eigenvalue weighted by Gasteiger charge is 2.02. The fraction of sp³-hybridized carbons (Fsp3) is 0.600. The van der Waals surface area contributed by atoms with Crippen LogP contribution < -0.4 is 5.32 Å². The Hall–Kier alpha value is -1.02. The Balaban J connectivity index is 2.16. The van der Waals surface area contributed by atoms with E-state index < -0.39 is 0 Å². The van der Waals surface area contributed by atoms with Crippen molar-refractivity contribution in [2.24, 2.45) is 0 Å². The van der Waals surface area contributed by atoms with E-state index in [1.807, 2.05) is 12.1 Å². The van der Waals surface area contributed by atoms with Crippen molar-refractivity contribution in [2.75, 3.05) is 6.54 Å². The van der Waals surface area contributed by atoms with Crippen LogP contribution in [-0.2, 0) is 6.42 Å². The predicted molar refractivity (Wildman–Crippen MR) is 73.4 cm³/mol. The van der Waals surface area contributed by atoms with Crippen LogP contribution in [0.1, 0.15) is 45.1 Å². The first-order chi connectivity index (χ1) is 8.22. The van der Waals surface area contributed by atoms with Gasteiger partial charge >= 0.3 is 0 Å². The van der Waals surface area contributed by atoms with E-state index in [9.17, 15) is 5.11 Å². The standard InChI is InChI=1S/C15H25NO/c1-3-4-5-6-11-16-13(2)12-14-7-9-15(17)10-8-14/h7-10,13,16-17H,3-6,11-12H2,1-2H3. The van der Waals surface area contributed by atoms with Crippen LogP contribution in [0.25, 0.3) is 0 Å². The van der Waals surface area contributed by atoms with Gasteiger partial charge < -0.3 is 10.4 Å². The van der Waals surface area contributed by atoms with Gasteiger partial charge in [0.2, 0.25) is 0 Å². The zero-order chi connectivity index (χ0) is 12.5. The summed E-state index contributed by atoms with van der Waals surface area (Å²) in [6.45, 7) is 5.56. The van der Waals surface area contributed by atoms with Gasteiger partial charge in [-0.15, -0.1) is 0 Å². The van der Waals surface area contributed by atoms with Crippen molar-refractivity contribution in [1.29, 1.82) is 0 Å². The van der Waals surface area contributed by atoms with E-state index in [2.05, 4.69) is 19.2 Å². The molecule has 0 radical (unpaired) electrons. The molecule has 2 heteroatoms. The largest absolute Gasteiger partial charge is 0.508 e. The predicted octanol–water partition coefficient (Wildman–Crippen LogP) is 3.49. The summed E-state index contributed by atoms with van der Waals surface area (Å²) in [7, 11) is 0. The Morgan fingerprint density at radius 2 is 1.82 bits per heavy atom. The smallest absolute Gasteiger partial charge is 0.115 e. The molecule has 0 aliphatic rings. The fourth-order valence-electron chi connectivity index (χ4n) is 1.96. The molecule has 0 aliphatic carbocycles. The van der Waals surface area contributed by atoms with Gasteiger partial charge in [0.1, 0.15) is 5.75 Å². The van der Waals surface area contributed by atoms with E-state index in [0.29, 0.717) is 11.8 Å². The molecule has 17 heavy (non-hydrogen) atoms. The van der Waals surface area contributed by atoms with Gasteiger partial charge in [0, 0.05) is 6.04 Å². The third-order valence-electron chi connectivity index (χ3n) is 3.00. The molecule has 1 aromatic carbocycles. The lowest BCUT2D eigenvalue weighted by atomic mass is 10.1.